The van der Waals surface area contributed by atoms with Gasteiger partial charge in [-0.25, -0.2) is 4.39 Å². The minimum Gasteiger partial charge on any atom is -0.534 e. The maximum Gasteiger partial charge on any atom is 0.319 e. The van der Waals surface area contributed by atoms with Crippen LogP contribution >= 0.6 is 15.9 Å². The molecule has 0 saturated carbocycles. The molecule has 0 aliphatic heterocycles. The molecular formula is C32H30BrFO3Si. The smallest absolute Gasteiger partial charge is 0.319 e. The molecule has 0 aliphatic carbocycles. The van der Waals surface area contributed by atoms with E-state index in [-0.39, 0.29) is 20.6 Å². The molecule has 0 fully saturated rings. The predicted molar refractivity (Wildman–Crippen MR) is 157 cm³/mol. The van der Waals surface area contributed by atoms with E-state index in [1.54, 1.807) is 12.1 Å². The fourth-order valence-corrected chi connectivity index (χ4v) is 9.63. The van der Waals surface area contributed by atoms with Crippen LogP contribution in [0.25, 0.3) is 0 Å². The first-order valence-corrected chi connectivity index (χ1v) is 15.3. The van der Waals surface area contributed by atoms with Crippen molar-refractivity contribution in [1.29, 1.82) is 0 Å². The number of aryl methyl sites for hydroxylation is 1. The second-order valence-electron chi connectivity index (χ2n) is 10.2. The normalized spacial score (nSPS) is 11.7. The topological polar surface area (TPSA) is 43.4 Å². The highest BCUT2D eigenvalue weighted by molar-refractivity contribution is 9.10. The van der Waals surface area contributed by atoms with E-state index in [2.05, 4.69) is 61.0 Å². The van der Waals surface area contributed by atoms with Crippen molar-refractivity contribution in [3.8, 4) is 5.75 Å². The van der Waals surface area contributed by atoms with Crippen LogP contribution < -0.4 is 14.8 Å². The summed E-state index contributed by atoms with van der Waals surface area (Å²) < 4.78 is 21.0. The van der Waals surface area contributed by atoms with Gasteiger partial charge in [0.2, 0.25) is 11.6 Å². The third kappa shape index (κ3) is 5.29. The minimum absolute atomic E-state index is 0.122. The van der Waals surface area contributed by atoms with Crippen molar-refractivity contribution < 1.29 is 18.4 Å². The predicted octanol–water partition coefficient (Wildman–Crippen LogP) is 7.16. The molecule has 0 unspecified atom stereocenters. The number of Topliss-reactive ketones (excluding diaryl/α,β-unsaturated/α-hetero) is 2. The van der Waals surface area contributed by atoms with Gasteiger partial charge in [-0.05, 0) is 67.6 Å². The van der Waals surface area contributed by atoms with Crippen LogP contribution in [-0.4, -0.2) is 19.9 Å². The third-order valence-corrected chi connectivity index (χ3v) is 12.3. The van der Waals surface area contributed by atoms with Crippen molar-refractivity contribution in [3.63, 3.8) is 0 Å². The van der Waals surface area contributed by atoms with Crippen molar-refractivity contribution in [2.45, 2.75) is 39.2 Å². The summed E-state index contributed by atoms with van der Waals surface area (Å²) in [5.74, 6) is -1.27. The number of halogens is 2. The maximum absolute atomic E-state index is 13.7. The number of benzene rings is 4. The van der Waals surface area contributed by atoms with Crippen LogP contribution in [0.4, 0.5) is 4.39 Å². The standard InChI is InChI=1S/C32H30BrFO3Si/c1-5-22-16-17-24(31(36)30(35)23-18-19-28(34)27(33)20-23)21-29(22)37-38(32(2,3)4,25-12-8-6-9-13-25)26-14-10-7-11-15-26/h6-21H,5H2,1-4H3. The Morgan fingerprint density at radius 3 is 1.76 bits per heavy atom. The van der Waals surface area contributed by atoms with Gasteiger partial charge in [0.1, 0.15) is 11.6 Å². The average Bonchev–Trinajstić information content (AvgIpc) is 2.92. The second kappa shape index (κ2) is 11.2. The summed E-state index contributed by atoms with van der Waals surface area (Å²) in [4.78, 5) is 26.3. The lowest BCUT2D eigenvalue weighted by molar-refractivity contribution is 0.0816. The van der Waals surface area contributed by atoms with E-state index in [4.69, 9.17) is 4.43 Å². The van der Waals surface area contributed by atoms with Gasteiger partial charge in [-0.3, -0.25) is 9.59 Å². The van der Waals surface area contributed by atoms with Crippen LogP contribution in [0.15, 0.2) is 102 Å². The van der Waals surface area contributed by atoms with Gasteiger partial charge in [-0.2, -0.15) is 0 Å². The highest BCUT2D eigenvalue weighted by Gasteiger charge is 2.52. The molecule has 0 bridgehead atoms. The molecule has 0 spiro atoms. The molecule has 0 radical (unpaired) electrons. The summed E-state index contributed by atoms with van der Waals surface area (Å²) in [6.07, 6.45) is 0.695. The molecule has 4 aromatic carbocycles. The zero-order chi connectivity index (χ0) is 27.5. The Hall–Kier alpha value is -3.35. The van der Waals surface area contributed by atoms with Crippen molar-refractivity contribution in [1.82, 2.24) is 0 Å². The molecule has 0 N–H and O–H groups in total. The molecule has 6 heteroatoms. The molecule has 4 aromatic rings. The molecule has 0 saturated heterocycles. The van der Waals surface area contributed by atoms with E-state index < -0.39 is 25.7 Å². The molecule has 4 rings (SSSR count). The Kier molecular flexibility index (Phi) is 8.14. The quantitative estimate of drug-likeness (QED) is 0.125. The lowest BCUT2D eigenvalue weighted by Crippen LogP contribution is -2.68. The molecule has 0 amide bonds. The molecule has 0 atom stereocenters. The van der Waals surface area contributed by atoms with E-state index in [9.17, 15) is 14.0 Å². The first-order valence-electron chi connectivity index (χ1n) is 12.6. The van der Waals surface area contributed by atoms with Crippen LogP contribution in [-0.2, 0) is 6.42 Å². The number of carbonyl (C=O) groups is 2. The summed E-state index contributed by atoms with van der Waals surface area (Å²) in [7, 11) is -2.94. The first-order chi connectivity index (χ1) is 18.1. The van der Waals surface area contributed by atoms with Crippen LogP contribution in [0.3, 0.4) is 0 Å². The van der Waals surface area contributed by atoms with Gasteiger partial charge in [0.05, 0.1) is 4.47 Å². The van der Waals surface area contributed by atoms with E-state index in [1.165, 1.54) is 18.2 Å². The highest BCUT2D eigenvalue weighted by Crippen LogP contribution is 2.39. The Bertz CT molecular complexity index is 1420. The van der Waals surface area contributed by atoms with Crippen LogP contribution in [0, 0.1) is 5.82 Å². The Morgan fingerprint density at radius 1 is 0.789 bits per heavy atom. The number of hydrogen-bond donors (Lipinski definition) is 0. The fraction of sp³-hybridized carbons (Fsp3) is 0.188. The van der Waals surface area contributed by atoms with E-state index in [0.29, 0.717) is 12.2 Å². The molecule has 194 valence electrons. The molecule has 0 heterocycles. The Labute approximate surface area is 232 Å². The third-order valence-electron chi connectivity index (χ3n) is 6.78. The number of hydrogen-bond acceptors (Lipinski definition) is 3. The van der Waals surface area contributed by atoms with Crippen molar-refractivity contribution in [2.75, 3.05) is 0 Å². The minimum atomic E-state index is -2.94. The van der Waals surface area contributed by atoms with E-state index >= 15 is 0 Å². The summed E-state index contributed by atoms with van der Waals surface area (Å²) in [5, 5.41) is 1.96. The molecule has 38 heavy (non-hydrogen) atoms. The summed E-state index contributed by atoms with van der Waals surface area (Å²) >= 11 is 3.09. The van der Waals surface area contributed by atoms with E-state index in [0.717, 1.165) is 15.9 Å². The number of carbonyl (C=O) groups excluding carboxylic acids is 2. The van der Waals surface area contributed by atoms with Gasteiger partial charge in [-0.15, -0.1) is 0 Å². The zero-order valence-electron chi connectivity index (χ0n) is 21.9. The maximum atomic E-state index is 13.7. The van der Waals surface area contributed by atoms with Crippen LogP contribution in [0.1, 0.15) is 54.0 Å². The van der Waals surface area contributed by atoms with Crippen molar-refractivity contribution in [3.05, 3.63) is 124 Å². The SMILES string of the molecule is CCc1ccc(C(=O)C(=O)c2ccc(F)c(Br)c2)cc1O[Si](c1ccccc1)(c1ccccc1)C(C)(C)C. The Morgan fingerprint density at radius 2 is 1.29 bits per heavy atom. The lowest BCUT2D eigenvalue weighted by Gasteiger charge is -2.43. The van der Waals surface area contributed by atoms with Crippen LogP contribution in [0.5, 0.6) is 5.75 Å². The van der Waals surface area contributed by atoms with Gasteiger partial charge in [0.15, 0.2) is 0 Å². The molecule has 0 aromatic heterocycles. The first kappa shape index (κ1) is 27.7. The molecule has 3 nitrogen and oxygen atoms in total. The summed E-state index contributed by atoms with van der Waals surface area (Å²) in [5.41, 5.74) is 1.31. The molecular weight excluding hydrogens is 559 g/mol. The second-order valence-corrected chi connectivity index (χ2v) is 15.3. The summed E-state index contributed by atoms with van der Waals surface area (Å²) in [6.45, 7) is 8.61. The van der Waals surface area contributed by atoms with Crippen molar-refractivity contribution in [2.24, 2.45) is 0 Å². The van der Waals surface area contributed by atoms with Crippen molar-refractivity contribution >= 4 is 46.2 Å². The van der Waals surface area contributed by atoms with E-state index in [1.807, 2.05) is 49.4 Å². The van der Waals surface area contributed by atoms with Gasteiger partial charge in [0, 0.05) is 11.1 Å². The largest absolute Gasteiger partial charge is 0.534 e. The van der Waals surface area contributed by atoms with Gasteiger partial charge < -0.3 is 4.43 Å². The number of rotatable bonds is 8. The average molecular weight is 590 g/mol. The van der Waals surface area contributed by atoms with Gasteiger partial charge in [0.25, 0.3) is 0 Å². The zero-order valence-corrected chi connectivity index (χ0v) is 24.5. The lowest BCUT2D eigenvalue weighted by atomic mass is 9.99. The Balaban J connectivity index is 1.85. The highest BCUT2D eigenvalue weighted by atomic mass is 79.9. The number of ketones is 2. The van der Waals surface area contributed by atoms with Gasteiger partial charge in [-0.1, -0.05) is 100 Å². The van der Waals surface area contributed by atoms with Crippen LogP contribution in [0.2, 0.25) is 5.04 Å². The molecule has 0 aliphatic rings. The summed E-state index contributed by atoms with van der Waals surface area (Å²) in [6, 6.07) is 29.6. The van der Waals surface area contributed by atoms with Gasteiger partial charge >= 0.3 is 8.32 Å². The fourth-order valence-electron chi connectivity index (χ4n) is 4.80. The monoisotopic (exact) mass is 588 g/mol.